The highest BCUT2D eigenvalue weighted by molar-refractivity contribution is 7.22. The number of hydrogen-bond donors (Lipinski definition) is 0. The van der Waals surface area contributed by atoms with Gasteiger partial charge in [-0.05, 0) is 48.4 Å². The average Bonchev–Trinajstić information content (AvgIpc) is 3.15. The highest BCUT2D eigenvalue weighted by atomic mass is 35.5. The number of thiazole rings is 1. The first-order chi connectivity index (χ1) is 14.0. The fraction of sp³-hybridized carbons (Fsp3) is 0.136. The third-order valence-corrected chi connectivity index (χ3v) is 5.98. The molecule has 1 amide bonds. The first kappa shape index (κ1) is 19.8. The molecule has 4 nitrogen and oxygen atoms in total. The number of amides is 1. The second kappa shape index (κ2) is 8.49. The lowest BCUT2D eigenvalue weighted by Gasteiger charge is -2.20. The van der Waals surface area contributed by atoms with E-state index < -0.39 is 0 Å². The van der Waals surface area contributed by atoms with E-state index in [0.717, 1.165) is 27.9 Å². The van der Waals surface area contributed by atoms with Crippen LogP contribution in [0.25, 0.3) is 10.2 Å². The Bertz CT molecular complexity index is 1160. The molecule has 0 saturated carbocycles. The SMILES string of the molecule is CCc1cccc2sc(N(Cc3ccccn3)C(=O)c3cc(Cl)cc(Cl)c3)nc12. The number of halogens is 2. The average molecular weight is 442 g/mol. The summed E-state index contributed by atoms with van der Waals surface area (Å²) in [5.74, 6) is -0.225. The predicted molar refractivity (Wildman–Crippen MR) is 120 cm³/mol. The van der Waals surface area contributed by atoms with Crippen LogP contribution in [0.15, 0.2) is 60.8 Å². The van der Waals surface area contributed by atoms with Crippen molar-refractivity contribution >= 4 is 55.8 Å². The van der Waals surface area contributed by atoms with Gasteiger partial charge in [-0.2, -0.15) is 0 Å². The number of rotatable bonds is 5. The number of benzene rings is 2. The Hall–Kier alpha value is -2.47. The molecule has 2 heterocycles. The van der Waals surface area contributed by atoms with Crippen molar-refractivity contribution < 1.29 is 4.79 Å². The van der Waals surface area contributed by atoms with Crippen LogP contribution in [0.4, 0.5) is 5.13 Å². The van der Waals surface area contributed by atoms with Crippen LogP contribution in [0.2, 0.25) is 10.0 Å². The number of aromatic nitrogens is 2. The molecule has 2 aromatic carbocycles. The van der Waals surface area contributed by atoms with E-state index in [0.29, 0.717) is 27.3 Å². The Kier molecular flexibility index (Phi) is 5.81. The van der Waals surface area contributed by atoms with Crippen LogP contribution in [-0.4, -0.2) is 15.9 Å². The summed E-state index contributed by atoms with van der Waals surface area (Å²) in [6.07, 6.45) is 2.58. The number of aryl methyl sites for hydroxylation is 1. The van der Waals surface area contributed by atoms with Gasteiger partial charge in [0.05, 0.1) is 22.5 Å². The Labute approximate surface area is 182 Å². The molecule has 4 aromatic rings. The van der Waals surface area contributed by atoms with Gasteiger partial charge in [-0.25, -0.2) is 4.98 Å². The van der Waals surface area contributed by atoms with E-state index in [1.165, 1.54) is 11.3 Å². The molecule has 0 radical (unpaired) electrons. The molecule has 0 unspecified atom stereocenters. The van der Waals surface area contributed by atoms with Crippen molar-refractivity contribution in [3.8, 4) is 0 Å². The Morgan fingerprint density at radius 1 is 1.07 bits per heavy atom. The van der Waals surface area contributed by atoms with Crippen molar-refractivity contribution in [3.63, 3.8) is 0 Å². The zero-order valence-corrected chi connectivity index (χ0v) is 17.9. The number of anilines is 1. The standard InChI is InChI=1S/C22H17Cl2N3OS/c1-2-14-6-5-8-19-20(14)26-22(29-19)27(13-18-7-3-4-9-25-18)21(28)15-10-16(23)12-17(24)11-15/h3-12H,2,13H2,1H3. The molecule has 4 rings (SSSR count). The van der Waals surface area contributed by atoms with Gasteiger partial charge in [0.2, 0.25) is 0 Å². The summed E-state index contributed by atoms with van der Waals surface area (Å²) in [5.41, 5.74) is 3.26. The zero-order chi connectivity index (χ0) is 20.4. The van der Waals surface area contributed by atoms with Crippen LogP contribution in [0.1, 0.15) is 28.5 Å². The summed E-state index contributed by atoms with van der Waals surface area (Å²) < 4.78 is 1.04. The summed E-state index contributed by atoms with van der Waals surface area (Å²) in [7, 11) is 0. The molecule has 0 spiro atoms. The number of fused-ring (bicyclic) bond motifs is 1. The number of carbonyl (C=O) groups excluding carboxylic acids is 1. The van der Waals surface area contributed by atoms with E-state index >= 15 is 0 Å². The molecule has 2 aromatic heterocycles. The van der Waals surface area contributed by atoms with Crippen molar-refractivity contribution in [2.24, 2.45) is 0 Å². The minimum absolute atomic E-state index is 0.225. The second-order valence-corrected chi connectivity index (χ2v) is 8.37. The Balaban J connectivity index is 1.81. The van der Waals surface area contributed by atoms with Gasteiger partial charge in [0, 0.05) is 21.8 Å². The fourth-order valence-corrected chi connectivity index (χ4v) is 4.65. The lowest BCUT2D eigenvalue weighted by molar-refractivity contribution is 0.0985. The topological polar surface area (TPSA) is 46.1 Å². The van der Waals surface area contributed by atoms with Crippen molar-refractivity contribution in [3.05, 3.63) is 87.7 Å². The van der Waals surface area contributed by atoms with Gasteiger partial charge in [-0.1, -0.05) is 59.7 Å². The van der Waals surface area contributed by atoms with Crippen molar-refractivity contribution in [1.29, 1.82) is 0 Å². The number of carbonyl (C=O) groups is 1. The van der Waals surface area contributed by atoms with Crippen molar-refractivity contribution in [2.75, 3.05) is 4.90 Å². The number of hydrogen-bond acceptors (Lipinski definition) is 4. The molecular weight excluding hydrogens is 425 g/mol. The summed E-state index contributed by atoms with van der Waals surface area (Å²) in [5, 5.41) is 1.44. The van der Waals surface area contributed by atoms with Gasteiger partial charge >= 0.3 is 0 Å². The van der Waals surface area contributed by atoms with Crippen LogP contribution < -0.4 is 4.90 Å². The van der Waals surface area contributed by atoms with E-state index in [1.54, 1.807) is 29.3 Å². The smallest absolute Gasteiger partial charge is 0.260 e. The Morgan fingerprint density at radius 2 is 1.86 bits per heavy atom. The van der Waals surface area contributed by atoms with Gasteiger partial charge in [-0.15, -0.1) is 0 Å². The van der Waals surface area contributed by atoms with Crippen molar-refractivity contribution in [1.82, 2.24) is 9.97 Å². The molecule has 146 valence electrons. The van der Waals surface area contributed by atoms with E-state index in [4.69, 9.17) is 28.2 Å². The van der Waals surface area contributed by atoms with E-state index in [2.05, 4.69) is 18.0 Å². The summed E-state index contributed by atoms with van der Waals surface area (Å²) in [6, 6.07) is 16.6. The highest BCUT2D eigenvalue weighted by Gasteiger charge is 2.23. The number of nitrogens with zero attached hydrogens (tertiary/aromatic N) is 3. The van der Waals surface area contributed by atoms with Crippen LogP contribution in [0, 0.1) is 0 Å². The van der Waals surface area contributed by atoms with Gasteiger partial charge in [0.1, 0.15) is 0 Å². The first-order valence-corrected chi connectivity index (χ1v) is 10.7. The molecule has 0 aliphatic carbocycles. The van der Waals surface area contributed by atoms with Gasteiger partial charge in [0.25, 0.3) is 5.91 Å². The minimum atomic E-state index is -0.225. The molecule has 0 bridgehead atoms. The van der Waals surface area contributed by atoms with E-state index in [9.17, 15) is 4.79 Å². The molecule has 0 atom stereocenters. The summed E-state index contributed by atoms with van der Waals surface area (Å²) in [4.78, 5) is 24.2. The molecular formula is C22H17Cl2N3OS. The highest BCUT2D eigenvalue weighted by Crippen LogP contribution is 2.33. The fourth-order valence-electron chi connectivity index (χ4n) is 3.11. The van der Waals surface area contributed by atoms with Crippen LogP contribution >= 0.6 is 34.5 Å². The quantitative estimate of drug-likeness (QED) is 0.359. The van der Waals surface area contributed by atoms with Gasteiger partial charge < -0.3 is 0 Å². The summed E-state index contributed by atoms with van der Waals surface area (Å²) in [6.45, 7) is 2.39. The molecule has 0 aliphatic heterocycles. The van der Waals surface area contributed by atoms with E-state index in [-0.39, 0.29) is 5.91 Å². The molecule has 0 N–H and O–H groups in total. The molecule has 0 saturated heterocycles. The molecule has 29 heavy (non-hydrogen) atoms. The van der Waals surface area contributed by atoms with Crippen LogP contribution in [0.3, 0.4) is 0 Å². The largest absolute Gasteiger partial charge is 0.278 e. The van der Waals surface area contributed by atoms with E-state index in [1.807, 2.05) is 30.3 Å². The number of para-hydroxylation sites is 1. The molecule has 7 heteroatoms. The normalized spacial score (nSPS) is 11.0. The van der Waals surface area contributed by atoms with Gasteiger partial charge in [-0.3, -0.25) is 14.7 Å². The van der Waals surface area contributed by atoms with Crippen LogP contribution in [0.5, 0.6) is 0 Å². The Morgan fingerprint density at radius 3 is 2.55 bits per heavy atom. The zero-order valence-electron chi connectivity index (χ0n) is 15.6. The number of pyridine rings is 1. The molecule has 0 aliphatic rings. The lowest BCUT2D eigenvalue weighted by Crippen LogP contribution is -2.30. The maximum atomic E-state index is 13.4. The van der Waals surface area contributed by atoms with Gasteiger partial charge in [0.15, 0.2) is 5.13 Å². The predicted octanol–water partition coefficient (Wildman–Crippen LogP) is 6.41. The first-order valence-electron chi connectivity index (χ1n) is 9.11. The lowest BCUT2D eigenvalue weighted by atomic mass is 10.1. The maximum Gasteiger partial charge on any atom is 0.260 e. The third kappa shape index (κ3) is 4.27. The second-order valence-electron chi connectivity index (χ2n) is 6.48. The van der Waals surface area contributed by atoms with Crippen molar-refractivity contribution in [2.45, 2.75) is 19.9 Å². The minimum Gasteiger partial charge on any atom is -0.278 e. The monoisotopic (exact) mass is 441 g/mol. The third-order valence-electron chi connectivity index (χ3n) is 4.50. The van der Waals surface area contributed by atoms with Crippen LogP contribution in [-0.2, 0) is 13.0 Å². The molecule has 0 fully saturated rings. The summed E-state index contributed by atoms with van der Waals surface area (Å²) >= 11 is 13.7. The maximum absolute atomic E-state index is 13.4.